The fourth-order valence-electron chi connectivity index (χ4n) is 3.03. The number of carbonyl (C=O) groups excluding carboxylic acids is 1. The second-order valence-corrected chi connectivity index (χ2v) is 5.53. The van der Waals surface area contributed by atoms with Gasteiger partial charge < -0.3 is 14.9 Å². The lowest BCUT2D eigenvalue weighted by Gasteiger charge is -2.30. The van der Waals surface area contributed by atoms with Crippen molar-refractivity contribution in [2.75, 3.05) is 13.6 Å². The first kappa shape index (κ1) is 15.4. The third-order valence-corrected chi connectivity index (χ3v) is 4.12. The zero-order valence-corrected chi connectivity index (χ0v) is 12.5. The van der Waals surface area contributed by atoms with E-state index in [0.29, 0.717) is 25.9 Å². The summed E-state index contributed by atoms with van der Waals surface area (Å²) in [7, 11) is 1.76. The Morgan fingerprint density at radius 1 is 1.33 bits per heavy atom. The lowest BCUT2D eigenvalue weighted by molar-refractivity contribution is -0.142. The van der Waals surface area contributed by atoms with Crippen LogP contribution in [0.2, 0.25) is 0 Å². The number of carboxylic acid groups (broad SMARTS) is 1. The second-order valence-electron chi connectivity index (χ2n) is 5.53. The van der Waals surface area contributed by atoms with Gasteiger partial charge in [0.1, 0.15) is 0 Å². The quantitative estimate of drug-likeness (QED) is 0.926. The van der Waals surface area contributed by atoms with E-state index in [4.69, 9.17) is 0 Å². The Balaban J connectivity index is 2.04. The third-order valence-electron chi connectivity index (χ3n) is 4.12. The summed E-state index contributed by atoms with van der Waals surface area (Å²) in [4.78, 5) is 27.2. The molecule has 0 aliphatic carbocycles. The van der Waals surface area contributed by atoms with E-state index in [0.717, 1.165) is 5.56 Å². The van der Waals surface area contributed by atoms with Crippen LogP contribution >= 0.6 is 0 Å². The van der Waals surface area contributed by atoms with E-state index in [1.165, 1.54) is 0 Å². The standard InChI is InChI=1S/C16H22N2O3/c1-3-14-13(15(19)20)9-10-18(14)16(21)17(2)11-12-7-5-4-6-8-12/h4-8,13-14H,3,9-11H2,1-2H3,(H,19,20). The van der Waals surface area contributed by atoms with Gasteiger partial charge in [0.25, 0.3) is 0 Å². The van der Waals surface area contributed by atoms with Crippen LogP contribution in [0, 0.1) is 5.92 Å². The number of carbonyl (C=O) groups is 2. The molecule has 0 spiro atoms. The van der Waals surface area contributed by atoms with Crippen LogP contribution in [0.4, 0.5) is 4.79 Å². The molecule has 5 heteroatoms. The van der Waals surface area contributed by atoms with Crippen LogP contribution in [0.15, 0.2) is 30.3 Å². The molecule has 1 N–H and O–H groups in total. The number of hydrogen-bond donors (Lipinski definition) is 1. The van der Waals surface area contributed by atoms with Crippen LogP contribution in [0.5, 0.6) is 0 Å². The van der Waals surface area contributed by atoms with Gasteiger partial charge in [-0.05, 0) is 18.4 Å². The Morgan fingerprint density at radius 2 is 2.00 bits per heavy atom. The number of likely N-dealkylation sites (tertiary alicyclic amines) is 1. The van der Waals surface area contributed by atoms with Crippen molar-refractivity contribution in [3.8, 4) is 0 Å². The molecule has 2 amide bonds. The van der Waals surface area contributed by atoms with Gasteiger partial charge in [-0.2, -0.15) is 0 Å². The lowest BCUT2D eigenvalue weighted by atomic mass is 9.99. The summed E-state index contributed by atoms with van der Waals surface area (Å²) >= 11 is 0. The minimum Gasteiger partial charge on any atom is -0.481 e. The number of amides is 2. The van der Waals surface area contributed by atoms with Crippen molar-refractivity contribution in [3.05, 3.63) is 35.9 Å². The highest BCUT2D eigenvalue weighted by atomic mass is 16.4. The lowest BCUT2D eigenvalue weighted by Crippen LogP contribution is -2.45. The molecule has 0 aromatic heterocycles. The smallest absolute Gasteiger partial charge is 0.320 e. The molecule has 0 radical (unpaired) electrons. The highest BCUT2D eigenvalue weighted by molar-refractivity contribution is 5.78. The summed E-state index contributed by atoms with van der Waals surface area (Å²) in [5, 5.41) is 9.24. The average Bonchev–Trinajstić information content (AvgIpc) is 2.91. The monoisotopic (exact) mass is 290 g/mol. The summed E-state index contributed by atoms with van der Waals surface area (Å²) in [6.07, 6.45) is 1.21. The fourth-order valence-corrected chi connectivity index (χ4v) is 3.03. The van der Waals surface area contributed by atoms with E-state index in [2.05, 4.69) is 0 Å². The van der Waals surface area contributed by atoms with Crippen LogP contribution < -0.4 is 0 Å². The molecule has 21 heavy (non-hydrogen) atoms. The predicted octanol–water partition coefficient (Wildman–Crippen LogP) is 2.42. The maximum absolute atomic E-state index is 12.5. The van der Waals surface area contributed by atoms with Crippen LogP contribution in [0.3, 0.4) is 0 Å². The topological polar surface area (TPSA) is 60.9 Å². The van der Waals surface area contributed by atoms with Crippen molar-refractivity contribution < 1.29 is 14.7 Å². The van der Waals surface area contributed by atoms with Gasteiger partial charge in [-0.25, -0.2) is 4.79 Å². The van der Waals surface area contributed by atoms with Crippen molar-refractivity contribution >= 4 is 12.0 Å². The van der Waals surface area contributed by atoms with E-state index in [1.807, 2.05) is 37.3 Å². The Morgan fingerprint density at radius 3 is 2.57 bits per heavy atom. The molecule has 1 aromatic carbocycles. The van der Waals surface area contributed by atoms with Gasteiger partial charge in [0.2, 0.25) is 0 Å². The molecule has 1 heterocycles. The Labute approximate surface area is 125 Å². The molecule has 1 aromatic rings. The maximum atomic E-state index is 12.5. The van der Waals surface area contributed by atoms with Crippen LogP contribution in [0.25, 0.3) is 0 Å². The first-order chi connectivity index (χ1) is 10.0. The number of aliphatic carboxylic acids is 1. The predicted molar refractivity (Wildman–Crippen MR) is 79.8 cm³/mol. The number of hydrogen-bond acceptors (Lipinski definition) is 2. The number of carboxylic acids is 1. The molecular weight excluding hydrogens is 268 g/mol. The number of benzene rings is 1. The highest BCUT2D eigenvalue weighted by Crippen LogP contribution is 2.28. The number of nitrogens with zero attached hydrogens (tertiary/aromatic N) is 2. The summed E-state index contributed by atoms with van der Waals surface area (Å²) in [6.45, 7) is 2.99. The molecule has 2 unspecified atom stereocenters. The summed E-state index contributed by atoms with van der Waals surface area (Å²) in [5.41, 5.74) is 1.07. The molecule has 2 atom stereocenters. The van der Waals surface area contributed by atoms with E-state index in [-0.39, 0.29) is 12.1 Å². The molecule has 1 saturated heterocycles. The Hall–Kier alpha value is -2.04. The molecule has 0 saturated carbocycles. The molecule has 0 bridgehead atoms. The van der Waals surface area contributed by atoms with Crippen molar-refractivity contribution in [2.24, 2.45) is 5.92 Å². The zero-order chi connectivity index (χ0) is 15.4. The van der Waals surface area contributed by atoms with Gasteiger partial charge in [0, 0.05) is 26.2 Å². The molecule has 114 valence electrons. The number of rotatable bonds is 4. The van der Waals surface area contributed by atoms with Crippen molar-refractivity contribution in [1.29, 1.82) is 0 Å². The van der Waals surface area contributed by atoms with Gasteiger partial charge in [-0.1, -0.05) is 37.3 Å². The average molecular weight is 290 g/mol. The van der Waals surface area contributed by atoms with Gasteiger partial charge in [-0.3, -0.25) is 4.79 Å². The minimum absolute atomic E-state index is 0.0885. The zero-order valence-electron chi connectivity index (χ0n) is 12.5. The maximum Gasteiger partial charge on any atom is 0.320 e. The molecule has 1 fully saturated rings. The minimum atomic E-state index is -0.803. The second kappa shape index (κ2) is 6.61. The normalized spacial score (nSPS) is 21.3. The summed E-state index contributed by atoms with van der Waals surface area (Å²) in [5.74, 6) is -1.24. The van der Waals surface area contributed by atoms with Gasteiger partial charge in [0.15, 0.2) is 0 Å². The number of urea groups is 1. The highest BCUT2D eigenvalue weighted by Gasteiger charge is 2.40. The summed E-state index contributed by atoms with van der Waals surface area (Å²) < 4.78 is 0. The van der Waals surface area contributed by atoms with E-state index < -0.39 is 11.9 Å². The molecule has 1 aliphatic heterocycles. The third kappa shape index (κ3) is 3.35. The van der Waals surface area contributed by atoms with E-state index in [9.17, 15) is 14.7 Å². The Bertz CT molecular complexity index is 504. The molecule has 2 rings (SSSR count). The van der Waals surface area contributed by atoms with Crippen LogP contribution in [-0.2, 0) is 11.3 Å². The Kier molecular flexibility index (Phi) is 4.83. The largest absolute Gasteiger partial charge is 0.481 e. The SMILES string of the molecule is CCC1C(C(=O)O)CCN1C(=O)N(C)Cc1ccccc1. The summed E-state index contributed by atoms with van der Waals surface area (Å²) in [6, 6.07) is 9.49. The van der Waals surface area contributed by atoms with Gasteiger partial charge in [-0.15, -0.1) is 0 Å². The van der Waals surface area contributed by atoms with Gasteiger partial charge in [0.05, 0.1) is 5.92 Å². The van der Waals surface area contributed by atoms with Crippen molar-refractivity contribution in [3.63, 3.8) is 0 Å². The molecular formula is C16H22N2O3. The van der Waals surface area contributed by atoms with E-state index in [1.54, 1.807) is 16.8 Å². The first-order valence-corrected chi connectivity index (χ1v) is 7.33. The van der Waals surface area contributed by atoms with E-state index >= 15 is 0 Å². The van der Waals surface area contributed by atoms with Crippen LogP contribution in [-0.4, -0.2) is 46.5 Å². The molecule has 5 nitrogen and oxygen atoms in total. The van der Waals surface area contributed by atoms with Gasteiger partial charge >= 0.3 is 12.0 Å². The van der Waals surface area contributed by atoms with Crippen molar-refractivity contribution in [1.82, 2.24) is 9.80 Å². The van der Waals surface area contributed by atoms with Crippen LogP contribution in [0.1, 0.15) is 25.3 Å². The van der Waals surface area contributed by atoms with Crippen molar-refractivity contribution in [2.45, 2.75) is 32.4 Å². The fraction of sp³-hybridized carbons (Fsp3) is 0.500. The first-order valence-electron chi connectivity index (χ1n) is 7.33. The molecule has 1 aliphatic rings.